The first kappa shape index (κ1) is 15.9. The highest BCUT2D eigenvalue weighted by Crippen LogP contribution is 2.34. The Kier molecular flexibility index (Phi) is 4.43. The third-order valence-electron chi connectivity index (χ3n) is 5.74. The van der Waals surface area contributed by atoms with Gasteiger partial charge >= 0.3 is 0 Å². The van der Waals surface area contributed by atoms with Gasteiger partial charge in [-0.15, -0.1) is 0 Å². The normalized spacial score (nSPS) is 16.8. The van der Waals surface area contributed by atoms with Crippen LogP contribution in [0.3, 0.4) is 0 Å². The van der Waals surface area contributed by atoms with Gasteiger partial charge < -0.3 is 4.57 Å². The highest BCUT2D eigenvalue weighted by atomic mass is 19.1. The zero-order valence-corrected chi connectivity index (χ0v) is 14.2. The SMILES string of the molecule is Fc1ccc(CCCn2c3c(c4c2CCCC4)CCCC3)c(F)c1. The van der Waals surface area contributed by atoms with E-state index in [0.717, 1.165) is 19.0 Å². The van der Waals surface area contributed by atoms with E-state index < -0.39 is 11.6 Å². The van der Waals surface area contributed by atoms with Crippen LogP contribution in [-0.2, 0) is 38.6 Å². The minimum absolute atomic E-state index is 0.411. The van der Waals surface area contributed by atoms with Crippen LogP contribution in [0.1, 0.15) is 60.2 Å². The fourth-order valence-electron chi connectivity index (χ4n) is 4.61. The summed E-state index contributed by atoms with van der Waals surface area (Å²) in [5.41, 5.74) is 7.04. The van der Waals surface area contributed by atoms with Crippen molar-refractivity contribution in [3.05, 3.63) is 57.9 Å². The number of hydrogen-bond acceptors (Lipinski definition) is 0. The van der Waals surface area contributed by atoms with E-state index >= 15 is 0 Å². The maximum Gasteiger partial charge on any atom is 0.129 e. The summed E-state index contributed by atoms with van der Waals surface area (Å²) in [7, 11) is 0. The zero-order valence-electron chi connectivity index (χ0n) is 14.2. The van der Waals surface area contributed by atoms with Crippen molar-refractivity contribution in [2.24, 2.45) is 0 Å². The molecule has 2 aromatic rings. The Hall–Kier alpha value is -1.64. The van der Waals surface area contributed by atoms with Gasteiger partial charge in [-0.05, 0) is 87.0 Å². The van der Waals surface area contributed by atoms with E-state index in [-0.39, 0.29) is 0 Å². The molecule has 0 unspecified atom stereocenters. The standard InChI is InChI=1S/C21H25F2N/c22-16-12-11-15(19(23)14-16)6-5-13-24-20-9-3-1-7-17(20)18-8-2-4-10-21(18)24/h11-12,14H,1-10,13H2. The van der Waals surface area contributed by atoms with Crippen LogP contribution in [0, 0.1) is 11.6 Å². The lowest BCUT2D eigenvalue weighted by molar-refractivity contribution is 0.538. The predicted octanol–water partition coefficient (Wildman–Crippen LogP) is 5.16. The van der Waals surface area contributed by atoms with Crippen LogP contribution in [0.15, 0.2) is 18.2 Å². The Bertz CT molecular complexity index is 711. The van der Waals surface area contributed by atoms with Gasteiger partial charge in [0.05, 0.1) is 0 Å². The number of rotatable bonds is 4. The quantitative estimate of drug-likeness (QED) is 0.730. The van der Waals surface area contributed by atoms with Gasteiger partial charge in [-0.1, -0.05) is 6.07 Å². The molecule has 0 spiro atoms. The van der Waals surface area contributed by atoms with Crippen molar-refractivity contribution < 1.29 is 8.78 Å². The molecule has 0 N–H and O–H groups in total. The van der Waals surface area contributed by atoms with Crippen molar-refractivity contribution in [2.75, 3.05) is 0 Å². The third kappa shape index (κ3) is 2.89. The van der Waals surface area contributed by atoms with E-state index in [1.165, 1.54) is 57.4 Å². The van der Waals surface area contributed by atoms with E-state index in [4.69, 9.17) is 0 Å². The van der Waals surface area contributed by atoms with Gasteiger partial charge in [0.2, 0.25) is 0 Å². The van der Waals surface area contributed by atoms with Crippen molar-refractivity contribution in [3.8, 4) is 0 Å². The average Bonchev–Trinajstić information content (AvgIpc) is 2.91. The lowest BCUT2D eigenvalue weighted by atomic mass is 9.89. The fraction of sp³-hybridized carbons (Fsp3) is 0.524. The first-order valence-corrected chi connectivity index (χ1v) is 9.40. The molecule has 1 nitrogen and oxygen atoms in total. The Labute approximate surface area is 142 Å². The van der Waals surface area contributed by atoms with Gasteiger partial charge in [-0.25, -0.2) is 8.78 Å². The molecular formula is C21H25F2N. The number of hydrogen-bond donors (Lipinski definition) is 0. The van der Waals surface area contributed by atoms with Crippen LogP contribution in [0.4, 0.5) is 8.78 Å². The van der Waals surface area contributed by atoms with Crippen molar-refractivity contribution in [1.82, 2.24) is 4.57 Å². The van der Waals surface area contributed by atoms with Gasteiger partial charge in [0.1, 0.15) is 11.6 Å². The monoisotopic (exact) mass is 329 g/mol. The molecule has 0 aliphatic heterocycles. The molecule has 4 rings (SSSR count). The molecule has 2 aliphatic rings. The summed E-state index contributed by atoms with van der Waals surface area (Å²) in [6, 6.07) is 3.94. The van der Waals surface area contributed by atoms with E-state index in [1.54, 1.807) is 28.6 Å². The molecule has 0 bridgehead atoms. The molecule has 0 saturated carbocycles. The highest BCUT2D eigenvalue weighted by molar-refractivity contribution is 5.41. The van der Waals surface area contributed by atoms with E-state index in [0.29, 0.717) is 12.0 Å². The van der Waals surface area contributed by atoms with Gasteiger partial charge in [0.25, 0.3) is 0 Å². The van der Waals surface area contributed by atoms with Crippen LogP contribution >= 0.6 is 0 Å². The van der Waals surface area contributed by atoms with Crippen molar-refractivity contribution in [3.63, 3.8) is 0 Å². The highest BCUT2D eigenvalue weighted by Gasteiger charge is 2.25. The van der Waals surface area contributed by atoms with Gasteiger partial charge in [0, 0.05) is 24.0 Å². The lowest BCUT2D eigenvalue weighted by Crippen LogP contribution is -2.12. The molecule has 0 amide bonds. The first-order chi connectivity index (χ1) is 11.7. The molecule has 2 aliphatic carbocycles. The Morgan fingerprint density at radius 3 is 2.08 bits per heavy atom. The van der Waals surface area contributed by atoms with Crippen LogP contribution in [0.2, 0.25) is 0 Å². The Morgan fingerprint density at radius 1 is 0.833 bits per heavy atom. The number of halogens is 2. The number of nitrogens with zero attached hydrogens (tertiary/aromatic N) is 1. The molecule has 0 saturated heterocycles. The molecule has 0 fully saturated rings. The second-order valence-electron chi connectivity index (χ2n) is 7.26. The summed E-state index contributed by atoms with van der Waals surface area (Å²) in [6.07, 6.45) is 11.7. The average molecular weight is 329 g/mol. The molecular weight excluding hydrogens is 304 g/mol. The molecule has 0 radical (unpaired) electrons. The molecule has 1 heterocycles. The summed E-state index contributed by atoms with van der Waals surface area (Å²) < 4.78 is 29.4. The van der Waals surface area contributed by atoms with Crippen LogP contribution in [0.25, 0.3) is 0 Å². The first-order valence-electron chi connectivity index (χ1n) is 9.40. The summed E-state index contributed by atoms with van der Waals surface area (Å²) in [6.45, 7) is 0.967. The minimum atomic E-state index is -0.496. The van der Waals surface area contributed by atoms with Crippen LogP contribution in [-0.4, -0.2) is 4.57 Å². The molecule has 1 aromatic carbocycles. The lowest BCUT2D eigenvalue weighted by Gasteiger charge is -2.17. The van der Waals surface area contributed by atoms with Crippen LogP contribution < -0.4 is 0 Å². The maximum atomic E-state index is 13.8. The smallest absolute Gasteiger partial charge is 0.129 e. The second-order valence-corrected chi connectivity index (χ2v) is 7.26. The number of benzene rings is 1. The van der Waals surface area contributed by atoms with Crippen molar-refractivity contribution >= 4 is 0 Å². The third-order valence-corrected chi connectivity index (χ3v) is 5.74. The maximum absolute atomic E-state index is 13.8. The van der Waals surface area contributed by atoms with E-state index in [2.05, 4.69) is 4.57 Å². The Morgan fingerprint density at radius 2 is 1.46 bits per heavy atom. The summed E-state index contributed by atoms with van der Waals surface area (Å²) in [4.78, 5) is 0. The second kappa shape index (κ2) is 6.70. The van der Waals surface area contributed by atoms with E-state index in [9.17, 15) is 8.78 Å². The van der Waals surface area contributed by atoms with Gasteiger partial charge in [0.15, 0.2) is 0 Å². The molecule has 3 heteroatoms. The van der Waals surface area contributed by atoms with Gasteiger partial charge in [-0.2, -0.15) is 0 Å². The molecule has 1 aromatic heterocycles. The zero-order chi connectivity index (χ0) is 16.5. The number of fused-ring (bicyclic) bond motifs is 3. The van der Waals surface area contributed by atoms with E-state index in [1.807, 2.05) is 0 Å². The van der Waals surface area contributed by atoms with Crippen LogP contribution in [0.5, 0.6) is 0 Å². The molecule has 128 valence electrons. The minimum Gasteiger partial charge on any atom is -0.348 e. The number of aryl methyl sites for hydroxylation is 1. The van der Waals surface area contributed by atoms with Gasteiger partial charge in [-0.3, -0.25) is 0 Å². The topological polar surface area (TPSA) is 4.93 Å². The summed E-state index contributed by atoms with van der Waals surface area (Å²) in [5, 5.41) is 0. The predicted molar refractivity (Wildman–Crippen MR) is 92.4 cm³/mol. The molecule has 0 atom stereocenters. The molecule has 24 heavy (non-hydrogen) atoms. The largest absolute Gasteiger partial charge is 0.348 e. The van der Waals surface area contributed by atoms with Crippen molar-refractivity contribution in [2.45, 2.75) is 70.8 Å². The summed E-state index contributed by atoms with van der Waals surface area (Å²) >= 11 is 0. The fourth-order valence-corrected chi connectivity index (χ4v) is 4.61. The number of aromatic nitrogens is 1. The summed E-state index contributed by atoms with van der Waals surface area (Å²) in [5.74, 6) is -0.906. The van der Waals surface area contributed by atoms with Crippen molar-refractivity contribution in [1.29, 1.82) is 0 Å². The Balaban J connectivity index is 1.53.